The molecule has 0 radical (unpaired) electrons. The Labute approximate surface area is 112 Å². The molecule has 0 amide bonds. The summed E-state index contributed by atoms with van der Waals surface area (Å²) in [5.41, 5.74) is 1.10. The molecule has 0 aliphatic rings. The van der Waals surface area contributed by atoms with Gasteiger partial charge in [-0.25, -0.2) is 9.48 Å². The Morgan fingerprint density at radius 3 is 2.94 bits per heavy atom. The molecule has 88 valence electrons. The maximum Gasteiger partial charge on any atom is 0.360 e. The largest absolute Gasteiger partial charge is 0.461 e. The third-order valence-corrected chi connectivity index (χ3v) is 2.99. The first-order chi connectivity index (χ1) is 8.22. The van der Waals surface area contributed by atoms with Gasteiger partial charge in [0, 0.05) is 3.57 Å². The Bertz CT molecular complexity index is 539. The number of hydrogen-bond acceptors (Lipinski definition) is 4. The highest BCUT2D eigenvalue weighted by Crippen LogP contribution is 2.15. The predicted molar refractivity (Wildman–Crippen MR) is 70.0 cm³/mol. The van der Waals surface area contributed by atoms with Crippen molar-refractivity contribution in [2.75, 3.05) is 6.61 Å². The molecule has 0 aliphatic carbocycles. The summed E-state index contributed by atoms with van der Waals surface area (Å²) in [6, 6.07) is 7.71. The van der Waals surface area contributed by atoms with Crippen LogP contribution in [0.5, 0.6) is 0 Å². The van der Waals surface area contributed by atoms with Crippen molar-refractivity contribution >= 4 is 28.6 Å². The molecule has 0 saturated carbocycles. The van der Waals surface area contributed by atoms with Gasteiger partial charge in [-0.2, -0.15) is 0 Å². The lowest BCUT2D eigenvalue weighted by molar-refractivity contribution is 0.0519. The summed E-state index contributed by atoms with van der Waals surface area (Å²) in [5.74, 6) is -0.454. The van der Waals surface area contributed by atoms with Crippen LogP contribution in [0.15, 0.2) is 30.5 Å². The Kier molecular flexibility index (Phi) is 3.72. The van der Waals surface area contributed by atoms with Crippen LogP contribution >= 0.6 is 22.6 Å². The standard InChI is InChI=1S/C11H10IN3O2/c1-2-17-11(16)9-7-15(14-13-9)10-6-4-3-5-8(10)12/h3-7H,2H2,1H3. The highest BCUT2D eigenvalue weighted by atomic mass is 127. The van der Waals surface area contributed by atoms with Gasteiger partial charge >= 0.3 is 5.97 Å². The Morgan fingerprint density at radius 2 is 2.24 bits per heavy atom. The lowest BCUT2D eigenvalue weighted by Crippen LogP contribution is -2.04. The summed E-state index contributed by atoms with van der Waals surface area (Å²) >= 11 is 2.20. The van der Waals surface area contributed by atoms with Gasteiger partial charge in [0.2, 0.25) is 0 Å². The van der Waals surface area contributed by atoms with Crippen LogP contribution in [0, 0.1) is 3.57 Å². The van der Waals surface area contributed by atoms with Crippen LogP contribution < -0.4 is 0 Å². The summed E-state index contributed by atoms with van der Waals surface area (Å²) in [6.45, 7) is 2.08. The fourth-order valence-electron chi connectivity index (χ4n) is 1.32. The number of halogens is 1. The molecule has 5 nitrogen and oxygen atoms in total. The van der Waals surface area contributed by atoms with Gasteiger partial charge < -0.3 is 4.74 Å². The van der Waals surface area contributed by atoms with Crippen molar-refractivity contribution in [1.82, 2.24) is 15.0 Å². The number of ether oxygens (including phenoxy) is 1. The smallest absolute Gasteiger partial charge is 0.360 e. The molecule has 0 unspecified atom stereocenters. The minimum atomic E-state index is -0.454. The van der Waals surface area contributed by atoms with E-state index in [2.05, 4.69) is 32.9 Å². The normalized spacial score (nSPS) is 10.2. The zero-order valence-electron chi connectivity index (χ0n) is 9.13. The number of hydrogen-bond donors (Lipinski definition) is 0. The summed E-state index contributed by atoms with van der Waals surface area (Å²) in [5, 5.41) is 7.70. The summed E-state index contributed by atoms with van der Waals surface area (Å²) in [7, 11) is 0. The molecule has 6 heteroatoms. The van der Waals surface area contributed by atoms with E-state index in [9.17, 15) is 4.79 Å². The topological polar surface area (TPSA) is 57.0 Å². The molecule has 0 saturated heterocycles. The lowest BCUT2D eigenvalue weighted by atomic mass is 10.3. The van der Waals surface area contributed by atoms with Crippen LogP contribution in [-0.4, -0.2) is 27.6 Å². The molecule has 2 rings (SSSR count). The first kappa shape index (κ1) is 12.0. The first-order valence-corrected chi connectivity index (χ1v) is 6.14. The quantitative estimate of drug-likeness (QED) is 0.632. The van der Waals surface area contributed by atoms with Crippen molar-refractivity contribution in [3.8, 4) is 5.69 Å². The fourth-order valence-corrected chi connectivity index (χ4v) is 1.95. The van der Waals surface area contributed by atoms with E-state index in [-0.39, 0.29) is 5.69 Å². The Hall–Kier alpha value is -1.44. The Morgan fingerprint density at radius 1 is 1.47 bits per heavy atom. The number of aromatic nitrogens is 3. The number of benzene rings is 1. The van der Waals surface area contributed by atoms with Crippen molar-refractivity contribution in [2.45, 2.75) is 6.92 Å². The van der Waals surface area contributed by atoms with Crippen molar-refractivity contribution in [2.24, 2.45) is 0 Å². The number of nitrogens with zero attached hydrogens (tertiary/aromatic N) is 3. The molecule has 1 heterocycles. The minimum Gasteiger partial charge on any atom is -0.461 e. The molecule has 1 aromatic carbocycles. The van der Waals surface area contributed by atoms with Crippen LogP contribution in [0.1, 0.15) is 17.4 Å². The predicted octanol–water partition coefficient (Wildman–Crippen LogP) is 2.05. The summed E-state index contributed by atoms with van der Waals surface area (Å²) < 4.78 is 7.45. The van der Waals surface area contributed by atoms with E-state index in [0.29, 0.717) is 6.61 Å². The maximum absolute atomic E-state index is 11.4. The van der Waals surface area contributed by atoms with E-state index in [4.69, 9.17) is 4.74 Å². The SMILES string of the molecule is CCOC(=O)c1cn(-c2ccccc2I)nn1. The molecule has 0 fully saturated rings. The lowest BCUT2D eigenvalue weighted by Gasteiger charge is -2.01. The zero-order chi connectivity index (χ0) is 12.3. The van der Waals surface area contributed by atoms with E-state index in [1.807, 2.05) is 24.3 Å². The molecule has 2 aromatic rings. The van der Waals surface area contributed by atoms with Crippen molar-refractivity contribution < 1.29 is 9.53 Å². The fraction of sp³-hybridized carbons (Fsp3) is 0.182. The average Bonchev–Trinajstić information content (AvgIpc) is 2.79. The molecule has 0 atom stereocenters. The summed E-state index contributed by atoms with van der Waals surface area (Å²) in [6.07, 6.45) is 1.56. The van der Waals surface area contributed by atoms with Gasteiger partial charge in [0.15, 0.2) is 5.69 Å². The van der Waals surface area contributed by atoms with Gasteiger partial charge in [-0.3, -0.25) is 0 Å². The first-order valence-electron chi connectivity index (χ1n) is 5.06. The van der Waals surface area contributed by atoms with Gasteiger partial charge in [0.1, 0.15) is 0 Å². The third-order valence-electron chi connectivity index (χ3n) is 2.08. The van der Waals surface area contributed by atoms with Gasteiger partial charge in [-0.15, -0.1) is 5.10 Å². The second-order valence-corrected chi connectivity index (χ2v) is 4.38. The molecular formula is C11H10IN3O2. The molecule has 0 N–H and O–H groups in total. The molecule has 0 aliphatic heterocycles. The van der Waals surface area contributed by atoms with Crippen LogP contribution in [-0.2, 0) is 4.74 Å². The second kappa shape index (κ2) is 5.26. The number of para-hydroxylation sites is 1. The second-order valence-electron chi connectivity index (χ2n) is 3.22. The van der Waals surface area contributed by atoms with Crippen molar-refractivity contribution in [3.05, 3.63) is 39.7 Å². The minimum absolute atomic E-state index is 0.214. The molecule has 17 heavy (non-hydrogen) atoms. The highest BCUT2D eigenvalue weighted by Gasteiger charge is 2.12. The number of rotatable bonds is 3. The number of carbonyl (C=O) groups excluding carboxylic acids is 1. The maximum atomic E-state index is 11.4. The van der Waals surface area contributed by atoms with E-state index in [1.165, 1.54) is 0 Å². The van der Waals surface area contributed by atoms with Crippen LogP contribution in [0.25, 0.3) is 5.69 Å². The number of carbonyl (C=O) groups is 1. The van der Waals surface area contributed by atoms with Gasteiger partial charge in [-0.1, -0.05) is 17.3 Å². The van der Waals surface area contributed by atoms with Gasteiger partial charge in [0.25, 0.3) is 0 Å². The zero-order valence-corrected chi connectivity index (χ0v) is 11.3. The van der Waals surface area contributed by atoms with E-state index < -0.39 is 5.97 Å². The molecule has 0 bridgehead atoms. The third kappa shape index (κ3) is 2.63. The van der Waals surface area contributed by atoms with Crippen LogP contribution in [0.3, 0.4) is 0 Å². The van der Waals surface area contributed by atoms with Gasteiger partial charge in [-0.05, 0) is 41.6 Å². The van der Waals surface area contributed by atoms with Crippen molar-refractivity contribution in [1.29, 1.82) is 0 Å². The van der Waals surface area contributed by atoms with Gasteiger partial charge in [0.05, 0.1) is 18.5 Å². The van der Waals surface area contributed by atoms with E-state index >= 15 is 0 Å². The molecule has 1 aromatic heterocycles. The number of esters is 1. The monoisotopic (exact) mass is 343 g/mol. The van der Waals surface area contributed by atoms with Crippen molar-refractivity contribution in [3.63, 3.8) is 0 Å². The van der Waals surface area contributed by atoms with Crippen LogP contribution in [0.2, 0.25) is 0 Å². The molecular weight excluding hydrogens is 333 g/mol. The van der Waals surface area contributed by atoms with E-state index in [0.717, 1.165) is 9.26 Å². The average molecular weight is 343 g/mol. The van der Waals surface area contributed by atoms with Crippen LogP contribution in [0.4, 0.5) is 0 Å². The molecule has 0 spiro atoms. The highest BCUT2D eigenvalue weighted by molar-refractivity contribution is 14.1. The Balaban J connectivity index is 2.30. The van der Waals surface area contributed by atoms with E-state index in [1.54, 1.807) is 17.8 Å². The summed E-state index contributed by atoms with van der Waals surface area (Å²) in [4.78, 5) is 11.4.